The minimum absolute atomic E-state index is 0.162. The fraction of sp³-hybridized carbons (Fsp3) is 0.184. The number of carbonyl (C=O) groups is 3. The average Bonchev–Trinajstić information content (AvgIpc) is 3.06. The third-order valence-electron chi connectivity index (χ3n) is 6.88. The summed E-state index contributed by atoms with van der Waals surface area (Å²) in [5.41, 5.74) is 4.73. The van der Waals surface area contributed by atoms with Crippen LogP contribution in [0.2, 0.25) is 0 Å². The van der Waals surface area contributed by atoms with Crippen LogP contribution in [0.1, 0.15) is 43.0 Å². The van der Waals surface area contributed by atoms with E-state index in [0.717, 1.165) is 41.5 Å². The molecule has 0 aliphatic heterocycles. The van der Waals surface area contributed by atoms with Gasteiger partial charge in [0.15, 0.2) is 0 Å². The highest BCUT2D eigenvalue weighted by atomic mass is 19.1. The lowest BCUT2D eigenvalue weighted by molar-refractivity contribution is -0.140. The van der Waals surface area contributed by atoms with Gasteiger partial charge >= 0.3 is 17.9 Å². The third-order valence-corrected chi connectivity index (χ3v) is 6.88. The van der Waals surface area contributed by atoms with E-state index in [0.29, 0.717) is 41.4 Å². The van der Waals surface area contributed by atoms with Crippen molar-refractivity contribution in [2.24, 2.45) is 0 Å². The van der Waals surface area contributed by atoms with Gasteiger partial charge in [0.05, 0.1) is 18.8 Å². The van der Waals surface area contributed by atoms with Crippen LogP contribution in [0.3, 0.4) is 0 Å². The second kappa shape index (κ2) is 16.5. The summed E-state index contributed by atoms with van der Waals surface area (Å²) in [4.78, 5) is 35.4. The van der Waals surface area contributed by atoms with Gasteiger partial charge in [-0.2, -0.15) is 4.39 Å². The number of benzene rings is 4. The first kappa shape index (κ1) is 33.4. The normalized spacial score (nSPS) is 10.5. The number of rotatable bonds is 15. The largest absolute Gasteiger partial charge is 0.494 e. The van der Waals surface area contributed by atoms with E-state index < -0.39 is 23.7 Å². The fourth-order valence-electron chi connectivity index (χ4n) is 4.32. The molecule has 0 aromatic heterocycles. The highest BCUT2D eigenvalue weighted by Crippen LogP contribution is 2.28. The summed E-state index contributed by atoms with van der Waals surface area (Å²) >= 11 is 0. The summed E-state index contributed by atoms with van der Waals surface area (Å²) in [5.74, 6) is -1.49. The monoisotopic (exact) mass is 622 g/mol. The molecular formula is C38H35FO7. The first-order valence-electron chi connectivity index (χ1n) is 14.8. The van der Waals surface area contributed by atoms with Gasteiger partial charge in [-0.05, 0) is 103 Å². The van der Waals surface area contributed by atoms with E-state index in [1.807, 2.05) is 48.5 Å². The second-order valence-corrected chi connectivity index (χ2v) is 10.5. The molecule has 0 bridgehead atoms. The third kappa shape index (κ3) is 10.0. The van der Waals surface area contributed by atoms with Crippen LogP contribution in [-0.2, 0) is 14.3 Å². The zero-order valence-electron chi connectivity index (χ0n) is 25.6. The molecule has 236 valence electrons. The highest BCUT2D eigenvalue weighted by Gasteiger charge is 2.11. The molecule has 0 atom stereocenters. The van der Waals surface area contributed by atoms with Crippen molar-refractivity contribution in [3.05, 3.63) is 127 Å². The van der Waals surface area contributed by atoms with Crippen molar-refractivity contribution in [1.82, 2.24) is 0 Å². The van der Waals surface area contributed by atoms with E-state index in [9.17, 15) is 18.8 Å². The standard InChI is InChI=1S/C38H35FO7/c1-26(2)36(40)45-34-20-12-30(13-21-34)28-8-10-29(11-9-28)31-14-22-35(23-15-31)46-38(42)32-16-18-33(19-17-32)43-24-6-4-5-7-25-44-37(41)27(3)39/h8-23H,1,3-7,24-25H2,2H3. The van der Waals surface area contributed by atoms with E-state index in [2.05, 4.69) is 13.2 Å². The molecule has 0 spiro atoms. The van der Waals surface area contributed by atoms with Gasteiger partial charge in [-0.3, -0.25) is 0 Å². The van der Waals surface area contributed by atoms with Crippen LogP contribution in [0, 0.1) is 0 Å². The quantitative estimate of drug-likeness (QED) is 0.0567. The molecule has 8 heteroatoms. The van der Waals surface area contributed by atoms with Crippen LogP contribution in [0.5, 0.6) is 17.2 Å². The number of carbonyl (C=O) groups excluding carboxylic acids is 3. The van der Waals surface area contributed by atoms with E-state index in [-0.39, 0.29) is 6.61 Å². The number of unbranched alkanes of at least 4 members (excludes halogenated alkanes) is 3. The van der Waals surface area contributed by atoms with Crippen molar-refractivity contribution < 1.29 is 37.7 Å². The van der Waals surface area contributed by atoms with Crippen LogP contribution < -0.4 is 14.2 Å². The van der Waals surface area contributed by atoms with Crippen molar-refractivity contribution in [2.75, 3.05) is 13.2 Å². The van der Waals surface area contributed by atoms with E-state index in [1.54, 1.807) is 55.5 Å². The average molecular weight is 623 g/mol. The summed E-state index contributed by atoms with van der Waals surface area (Å²) in [6.07, 6.45) is 3.13. The SMILES string of the molecule is C=C(C)C(=O)Oc1ccc(-c2ccc(-c3ccc(OC(=O)c4ccc(OCCCCCCOC(=O)C(=C)F)cc4)cc3)cc2)cc1. The number of halogens is 1. The summed E-state index contributed by atoms with van der Waals surface area (Å²) in [7, 11) is 0. The van der Waals surface area contributed by atoms with Gasteiger partial charge in [0.25, 0.3) is 0 Å². The van der Waals surface area contributed by atoms with Crippen LogP contribution in [0.4, 0.5) is 4.39 Å². The lowest BCUT2D eigenvalue weighted by Gasteiger charge is -2.09. The van der Waals surface area contributed by atoms with E-state index >= 15 is 0 Å². The molecule has 7 nitrogen and oxygen atoms in total. The van der Waals surface area contributed by atoms with Crippen LogP contribution in [-0.4, -0.2) is 31.1 Å². The fourth-order valence-corrected chi connectivity index (χ4v) is 4.32. The molecule has 0 N–H and O–H groups in total. The molecule has 0 unspecified atom stereocenters. The molecule has 0 aliphatic carbocycles. The Morgan fingerprint density at radius 2 is 1.00 bits per heavy atom. The maximum Gasteiger partial charge on any atom is 0.366 e. The minimum atomic E-state index is -1.09. The van der Waals surface area contributed by atoms with Gasteiger partial charge in [0, 0.05) is 5.57 Å². The molecule has 0 amide bonds. The first-order chi connectivity index (χ1) is 22.2. The molecule has 4 rings (SSSR count). The van der Waals surface area contributed by atoms with Gasteiger partial charge in [-0.1, -0.05) is 61.7 Å². The van der Waals surface area contributed by atoms with Gasteiger partial charge in [0.1, 0.15) is 17.2 Å². The van der Waals surface area contributed by atoms with Gasteiger partial charge < -0.3 is 18.9 Å². The molecule has 46 heavy (non-hydrogen) atoms. The Balaban J connectivity index is 1.20. The lowest BCUT2D eigenvalue weighted by atomic mass is 10.0. The zero-order chi connectivity index (χ0) is 32.9. The molecule has 0 radical (unpaired) electrons. The topological polar surface area (TPSA) is 88.1 Å². The van der Waals surface area contributed by atoms with Crippen molar-refractivity contribution in [1.29, 1.82) is 0 Å². The predicted octanol–water partition coefficient (Wildman–Crippen LogP) is 8.69. The summed E-state index contributed by atoms with van der Waals surface area (Å²) in [6, 6.07) is 29.4. The Bertz CT molecular complexity index is 1660. The Morgan fingerprint density at radius 1 is 0.565 bits per heavy atom. The van der Waals surface area contributed by atoms with Crippen LogP contribution >= 0.6 is 0 Å². The van der Waals surface area contributed by atoms with Crippen LogP contribution in [0.15, 0.2) is 122 Å². The van der Waals surface area contributed by atoms with Gasteiger partial charge in [-0.25, -0.2) is 14.4 Å². The lowest BCUT2D eigenvalue weighted by Crippen LogP contribution is -2.08. The summed E-state index contributed by atoms with van der Waals surface area (Å²) in [6.45, 7) is 8.75. The van der Waals surface area contributed by atoms with Gasteiger partial charge in [0.2, 0.25) is 5.83 Å². The van der Waals surface area contributed by atoms with Gasteiger partial charge in [-0.15, -0.1) is 0 Å². The zero-order valence-corrected chi connectivity index (χ0v) is 25.6. The molecular weight excluding hydrogens is 587 g/mol. The second-order valence-electron chi connectivity index (χ2n) is 10.5. The Labute approximate surface area is 267 Å². The number of ether oxygens (including phenoxy) is 4. The summed E-state index contributed by atoms with van der Waals surface area (Å²) < 4.78 is 33.8. The first-order valence-corrected chi connectivity index (χ1v) is 14.8. The summed E-state index contributed by atoms with van der Waals surface area (Å²) in [5, 5.41) is 0. The molecule has 0 aliphatic rings. The molecule has 0 saturated carbocycles. The minimum Gasteiger partial charge on any atom is -0.494 e. The van der Waals surface area contributed by atoms with E-state index in [1.165, 1.54) is 0 Å². The Hall–Kier alpha value is -5.50. The molecule has 0 fully saturated rings. The van der Waals surface area contributed by atoms with Crippen LogP contribution in [0.25, 0.3) is 22.3 Å². The molecule has 4 aromatic carbocycles. The van der Waals surface area contributed by atoms with Crippen molar-refractivity contribution >= 4 is 17.9 Å². The van der Waals surface area contributed by atoms with Crippen molar-refractivity contribution in [2.45, 2.75) is 32.6 Å². The number of hydrogen-bond acceptors (Lipinski definition) is 7. The molecule has 4 aromatic rings. The van der Waals surface area contributed by atoms with Crippen molar-refractivity contribution in [3.63, 3.8) is 0 Å². The Kier molecular flexibility index (Phi) is 12.0. The highest BCUT2D eigenvalue weighted by molar-refractivity contribution is 5.91. The molecule has 0 heterocycles. The van der Waals surface area contributed by atoms with Crippen molar-refractivity contribution in [3.8, 4) is 39.5 Å². The Morgan fingerprint density at radius 3 is 1.48 bits per heavy atom. The number of hydrogen-bond donors (Lipinski definition) is 0. The van der Waals surface area contributed by atoms with E-state index in [4.69, 9.17) is 18.9 Å². The smallest absolute Gasteiger partial charge is 0.366 e. The predicted molar refractivity (Wildman–Crippen MR) is 174 cm³/mol. The maximum absolute atomic E-state index is 12.7. The molecule has 0 saturated heterocycles. The number of esters is 3. The maximum atomic E-state index is 12.7.